The van der Waals surface area contributed by atoms with Crippen molar-refractivity contribution in [3.8, 4) is 23.0 Å². The number of halogens is 1. The van der Waals surface area contributed by atoms with E-state index in [2.05, 4.69) is 15.3 Å². The Hall–Kier alpha value is -3.85. The Morgan fingerprint density at radius 1 is 1.14 bits per heavy atom. The summed E-state index contributed by atoms with van der Waals surface area (Å²) in [4.78, 5) is 22.1. The zero-order valence-electron chi connectivity index (χ0n) is 19.9. The molecule has 0 bridgehead atoms. The van der Waals surface area contributed by atoms with E-state index in [1.54, 1.807) is 47.5 Å². The zero-order valence-corrected chi connectivity index (χ0v) is 19.9. The fraction of sp³-hybridized carbons (Fsp3) is 0.308. The highest BCUT2D eigenvalue weighted by Crippen LogP contribution is 2.39. The van der Waals surface area contributed by atoms with Gasteiger partial charge in [0, 0.05) is 59.9 Å². The van der Waals surface area contributed by atoms with E-state index in [4.69, 9.17) is 14.2 Å². The van der Waals surface area contributed by atoms with Crippen LogP contribution in [0.15, 0.2) is 42.6 Å². The smallest absolute Gasteiger partial charge is 0.415 e. The molecule has 1 fully saturated rings. The van der Waals surface area contributed by atoms with Gasteiger partial charge in [-0.15, -0.1) is 0 Å². The predicted octanol–water partition coefficient (Wildman–Crippen LogP) is 5.15. The molecule has 8 nitrogen and oxygen atoms in total. The quantitative estimate of drug-likeness (QED) is 0.413. The van der Waals surface area contributed by atoms with Crippen LogP contribution in [0, 0.1) is 12.7 Å². The number of H-pyrrole nitrogens is 1. The maximum Gasteiger partial charge on any atom is 0.415 e. The first-order valence-corrected chi connectivity index (χ1v) is 11.6. The van der Waals surface area contributed by atoms with Crippen molar-refractivity contribution in [3.63, 3.8) is 0 Å². The number of hydrogen-bond donors (Lipinski definition) is 2. The fourth-order valence-electron chi connectivity index (χ4n) is 4.32. The number of hydrogen-bond acceptors (Lipinski definition) is 6. The molecule has 0 unspecified atom stereocenters. The van der Waals surface area contributed by atoms with Gasteiger partial charge in [-0.25, -0.2) is 9.18 Å². The van der Waals surface area contributed by atoms with Gasteiger partial charge in [0.15, 0.2) is 23.1 Å². The molecule has 1 aliphatic heterocycles. The molecule has 0 spiro atoms. The molecule has 182 valence electrons. The lowest BCUT2D eigenvalue weighted by Gasteiger charge is -2.33. The molecule has 0 saturated carbocycles. The first kappa shape index (κ1) is 22.9. The van der Waals surface area contributed by atoms with Crippen molar-refractivity contribution in [1.29, 1.82) is 0 Å². The number of aromatic amines is 1. The van der Waals surface area contributed by atoms with E-state index in [1.165, 1.54) is 0 Å². The fourth-order valence-corrected chi connectivity index (χ4v) is 4.32. The Morgan fingerprint density at radius 2 is 2.00 bits per heavy atom. The number of aromatic nitrogens is 2. The standard InChI is InChI=1S/C26H27FN4O4/c1-4-33-23-13-20-17(12-24(23)35-26(32)31-10-9-28-14-16(31)3)21(7-8-29-20)34-22-6-5-19-18(25(22)27)11-15(2)30-19/h5-8,11-13,16,28,30H,4,9-10,14H2,1-3H3/t16-/m0/s1. The Kier molecular flexibility index (Phi) is 6.17. The molecular weight excluding hydrogens is 451 g/mol. The number of amides is 1. The molecule has 35 heavy (non-hydrogen) atoms. The van der Waals surface area contributed by atoms with Crippen LogP contribution in [0.3, 0.4) is 0 Å². The summed E-state index contributed by atoms with van der Waals surface area (Å²) in [6.07, 6.45) is 1.13. The lowest BCUT2D eigenvalue weighted by molar-refractivity contribution is 0.122. The zero-order chi connectivity index (χ0) is 24.5. The van der Waals surface area contributed by atoms with Gasteiger partial charge in [-0.05, 0) is 51.1 Å². The lowest BCUT2D eigenvalue weighted by Crippen LogP contribution is -2.53. The monoisotopic (exact) mass is 478 g/mol. The minimum absolute atomic E-state index is 0.00257. The van der Waals surface area contributed by atoms with Gasteiger partial charge >= 0.3 is 6.09 Å². The number of fused-ring (bicyclic) bond motifs is 2. The van der Waals surface area contributed by atoms with E-state index in [1.807, 2.05) is 20.8 Å². The molecule has 3 heterocycles. The van der Waals surface area contributed by atoms with E-state index in [0.717, 1.165) is 5.69 Å². The minimum Gasteiger partial charge on any atom is -0.490 e. The van der Waals surface area contributed by atoms with Gasteiger partial charge in [-0.1, -0.05) is 0 Å². The van der Waals surface area contributed by atoms with E-state index in [9.17, 15) is 4.79 Å². The summed E-state index contributed by atoms with van der Waals surface area (Å²) in [5.74, 6) is 0.672. The SMILES string of the molecule is CCOc1cc2nccc(Oc3ccc4[nH]c(C)cc4c3F)c2cc1OC(=O)N1CCNC[C@@H]1C. The van der Waals surface area contributed by atoms with Crippen molar-refractivity contribution in [3.05, 3.63) is 54.1 Å². The average molecular weight is 479 g/mol. The number of aryl methyl sites for hydroxylation is 1. The Bertz CT molecular complexity index is 1400. The Morgan fingerprint density at radius 3 is 2.80 bits per heavy atom. The van der Waals surface area contributed by atoms with Crippen LogP contribution in [-0.2, 0) is 0 Å². The van der Waals surface area contributed by atoms with Crippen molar-refractivity contribution in [2.75, 3.05) is 26.2 Å². The highest BCUT2D eigenvalue weighted by Gasteiger charge is 2.26. The molecule has 1 atom stereocenters. The van der Waals surface area contributed by atoms with Gasteiger partial charge in [0.2, 0.25) is 0 Å². The number of ether oxygens (including phenoxy) is 3. The third-order valence-corrected chi connectivity index (χ3v) is 6.06. The van der Waals surface area contributed by atoms with Crippen molar-refractivity contribution in [1.82, 2.24) is 20.2 Å². The van der Waals surface area contributed by atoms with Gasteiger partial charge in [-0.3, -0.25) is 4.98 Å². The summed E-state index contributed by atoms with van der Waals surface area (Å²) in [7, 11) is 0. The van der Waals surface area contributed by atoms with Crippen LogP contribution in [0.25, 0.3) is 21.8 Å². The maximum atomic E-state index is 15.2. The number of nitrogens with zero attached hydrogens (tertiary/aromatic N) is 2. The second kappa shape index (κ2) is 9.42. The van der Waals surface area contributed by atoms with E-state index in [0.29, 0.717) is 59.5 Å². The highest BCUT2D eigenvalue weighted by molar-refractivity contribution is 5.90. The second-order valence-electron chi connectivity index (χ2n) is 8.57. The van der Waals surface area contributed by atoms with Crippen LogP contribution in [0.2, 0.25) is 0 Å². The largest absolute Gasteiger partial charge is 0.490 e. The summed E-state index contributed by atoms with van der Waals surface area (Å²) in [5.41, 5.74) is 2.13. The first-order chi connectivity index (χ1) is 16.9. The lowest BCUT2D eigenvalue weighted by atomic mass is 10.1. The van der Waals surface area contributed by atoms with Crippen molar-refractivity contribution in [2.45, 2.75) is 26.8 Å². The summed E-state index contributed by atoms with van der Waals surface area (Å²) in [6.45, 7) is 8.02. The predicted molar refractivity (Wildman–Crippen MR) is 131 cm³/mol. The van der Waals surface area contributed by atoms with Crippen LogP contribution < -0.4 is 19.5 Å². The molecule has 0 aliphatic carbocycles. The normalized spacial score (nSPS) is 16.0. The molecule has 2 aromatic carbocycles. The van der Waals surface area contributed by atoms with Crippen LogP contribution in [0.5, 0.6) is 23.0 Å². The molecular formula is C26H27FN4O4. The maximum absolute atomic E-state index is 15.2. The van der Waals surface area contributed by atoms with Crippen molar-refractivity contribution >= 4 is 27.9 Å². The van der Waals surface area contributed by atoms with Gasteiger partial charge in [0.05, 0.1) is 12.1 Å². The molecule has 5 rings (SSSR count). The molecule has 1 amide bonds. The van der Waals surface area contributed by atoms with Crippen LogP contribution in [-0.4, -0.2) is 53.2 Å². The Labute approximate surface area is 202 Å². The number of pyridine rings is 1. The minimum atomic E-state index is -0.456. The number of piperazine rings is 1. The van der Waals surface area contributed by atoms with E-state index >= 15 is 4.39 Å². The number of nitrogens with one attached hydrogen (secondary N) is 2. The summed E-state index contributed by atoms with van der Waals surface area (Å²) in [6, 6.07) is 10.1. The molecule has 1 aliphatic rings. The second-order valence-corrected chi connectivity index (χ2v) is 8.57. The van der Waals surface area contributed by atoms with Crippen LogP contribution >= 0.6 is 0 Å². The number of benzene rings is 2. The summed E-state index contributed by atoms with van der Waals surface area (Å²) in [5, 5.41) is 4.28. The highest BCUT2D eigenvalue weighted by atomic mass is 19.1. The van der Waals surface area contributed by atoms with Gasteiger partial charge in [0.1, 0.15) is 5.75 Å². The average Bonchev–Trinajstić information content (AvgIpc) is 3.23. The van der Waals surface area contributed by atoms with E-state index < -0.39 is 11.9 Å². The van der Waals surface area contributed by atoms with Crippen molar-refractivity contribution < 1.29 is 23.4 Å². The number of rotatable bonds is 5. The molecule has 2 N–H and O–H groups in total. The third-order valence-electron chi connectivity index (χ3n) is 6.06. The third kappa shape index (κ3) is 4.46. The van der Waals surface area contributed by atoms with Crippen molar-refractivity contribution in [2.24, 2.45) is 0 Å². The molecule has 0 radical (unpaired) electrons. The molecule has 9 heteroatoms. The van der Waals surface area contributed by atoms with Crippen LogP contribution in [0.1, 0.15) is 19.5 Å². The summed E-state index contributed by atoms with van der Waals surface area (Å²) >= 11 is 0. The van der Waals surface area contributed by atoms with Gasteiger partial charge in [-0.2, -0.15) is 0 Å². The van der Waals surface area contributed by atoms with Gasteiger partial charge in [0.25, 0.3) is 0 Å². The number of carbonyl (C=O) groups excluding carboxylic acids is 1. The van der Waals surface area contributed by atoms with Gasteiger partial charge < -0.3 is 29.4 Å². The van der Waals surface area contributed by atoms with Crippen LogP contribution in [0.4, 0.5) is 9.18 Å². The Balaban J connectivity index is 1.52. The summed E-state index contributed by atoms with van der Waals surface area (Å²) < 4.78 is 32.7. The number of carbonyl (C=O) groups is 1. The topological polar surface area (TPSA) is 88.7 Å². The molecule has 1 saturated heterocycles. The van der Waals surface area contributed by atoms with E-state index in [-0.39, 0.29) is 17.5 Å². The molecule has 4 aromatic rings. The molecule has 2 aromatic heterocycles. The first-order valence-electron chi connectivity index (χ1n) is 11.6.